The molecule has 0 aliphatic heterocycles. The lowest BCUT2D eigenvalue weighted by molar-refractivity contribution is 0.151. The molecule has 2 rings (SSSR count). The maximum Gasteiger partial charge on any atom is 0.264 e. The van der Waals surface area contributed by atoms with E-state index in [2.05, 4.69) is 0 Å². The standard InChI is InChI=1S/C12H10F2O/c1-15-11-7-9(12(13)14)6-8-4-2-3-5-10(8)11/h2-7,12H,1H3. The zero-order valence-electron chi connectivity index (χ0n) is 8.21. The number of alkyl halides is 2. The molecular formula is C12H10F2O. The zero-order valence-corrected chi connectivity index (χ0v) is 8.21. The van der Waals surface area contributed by atoms with Gasteiger partial charge in [-0.3, -0.25) is 0 Å². The van der Waals surface area contributed by atoms with E-state index in [1.807, 2.05) is 18.2 Å². The molecule has 0 saturated carbocycles. The second-order valence-electron chi connectivity index (χ2n) is 3.24. The molecule has 0 unspecified atom stereocenters. The predicted octanol–water partition coefficient (Wildman–Crippen LogP) is 3.79. The molecule has 0 aromatic heterocycles. The maximum atomic E-state index is 12.6. The fraction of sp³-hybridized carbons (Fsp3) is 0.167. The number of hydrogen-bond acceptors (Lipinski definition) is 1. The molecule has 0 aliphatic carbocycles. The molecule has 3 heteroatoms. The summed E-state index contributed by atoms with van der Waals surface area (Å²) in [4.78, 5) is 0. The Hall–Kier alpha value is -1.64. The van der Waals surface area contributed by atoms with E-state index in [9.17, 15) is 8.78 Å². The molecule has 1 nitrogen and oxygen atoms in total. The summed E-state index contributed by atoms with van der Waals surface area (Å²) in [7, 11) is 1.48. The van der Waals surface area contributed by atoms with Crippen LogP contribution in [0.5, 0.6) is 5.75 Å². The lowest BCUT2D eigenvalue weighted by Gasteiger charge is -2.08. The van der Waals surface area contributed by atoms with Gasteiger partial charge in [0.15, 0.2) is 0 Å². The van der Waals surface area contributed by atoms with Gasteiger partial charge in [-0.1, -0.05) is 24.3 Å². The highest BCUT2D eigenvalue weighted by molar-refractivity contribution is 5.89. The van der Waals surface area contributed by atoms with Crippen molar-refractivity contribution in [1.82, 2.24) is 0 Å². The van der Waals surface area contributed by atoms with Crippen LogP contribution in [0.15, 0.2) is 36.4 Å². The van der Waals surface area contributed by atoms with E-state index in [1.165, 1.54) is 19.2 Å². The van der Waals surface area contributed by atoms with E-state index >= 15 is 0 Å². The molecule has 15 heavy (non-hydrogen) atoms. The Kier molecular flexibility index (Phi) is 2.54. The first-order chi connectivity index (χ1) is 7.22. The van der Waals surface area contributed by atoms with Crippen molar-refractivity contribution in [2.75, 3.05) is 7.11 Å². The largest absolute Gasteiger partial charge is 0.496 e. The Morgan fingerprint density at radius 2 is 1.87 bits per heavy atom. The molecule has 0 heterocycles. The van der Waals surface area contributed by atoms with E-state index in [1.54, 1.807) is 6.07 Å². The van der Waals surface area contributed by atoms with Crippen molar-refractivity contribution in [3.05, 3.63) is 42.0 Å². The number of methoxy groups -OCH3 is 1. The van der Waals surface area contributed by atoms with E-state index in [0.29, 0.717) is 5.75 Å². The van der Waals surface area contributed by atoms with Crippen molar-refractivity contribution in [2.45, 2.75) is 6.43 Å². The van der Waals surface area contributed by atoms with Gasteiger partial charge in [-0.2, -0.15) is 0 Å². The van der Waals surface area contributed by atoms with Crippen LogP contribution in [-0.2, 0) is 0 Å². The Morgan fingerprint density at radius 1 is 1.13 bits per heavy atom. The van der Waals surface area contributed by atoms with Crippen LogP contribution >= 0.6 is 0 Å². The first-order valence-corrected chi connectivity index (χ1v) is 4.57. The van der Waals surface area contributed by atoms with Crippen molar-refractivity contribution < 1.29 is 13.5 Å². The van der Waals surface area contributed by atoms with E-state index in [-0.39, 0.29) is 5.56 Å². The van der Waals surface area contributed by atoms with Crippen molar-refractivity contribution in [2.24, 2.45) is 0 Å². The van der Waals surface area contributed by atoms with E-state index in [4.69, 9.17) is 4.74 Å². The van der Waals surface area contributed by atoms with Gasteiger partial charge in [-0.25, -0.2) is 8.78 Å². The normalized spacial score (nSPS) is 10.9. The maximum absolute atomic E-state index is 12.6. The SMILES string of the molecule is COc1cc(C(F)F)cc2ccccc12. The molecule has 78 valence electrons. The van der Waals surface area contributed by atoms with Gasteiger partial charge in [0.1, 0.15) is 5.75 Å². The average molecular weight is 208 g/mol. The van der Waals surface area contributed by atoms with E-state index < -0.39 is 6.43 Å². The number of rotatable bonds is 2. The fourth-order valence-electron chi connectivity index (χ4n) is 1.59. The van der Waals surface area contributed by atoms with Gasteiger partial charge in [0.25, 0.3) is 6.43 Å². The molecule has 0 saturated heterocycles. The van der Waals surface area contributed by atoms with Gasteiger partial charge in [0.2, 0.25) is 0 Å². The predicted molar refractivity (Wildman–Crippen MR) is 55.5 cm³/mol. The molecular weight excluding hydrogens is 198 g/mol. The lowest BCUT2D eigenvalue weighted by Crippen LogP contribution is -1.90. The Bertz CT molecular complexity index is 480. The minimum Gasteiger partial charge on any atom is -0.496 e. The van der Waals surface area contributed by atoms with Crippen LogP contribution in [0.2, 0.25) is 0 Å². The van der Waals surface area contributed by atoms with Gasteiger partial charge in [-0.05, 0) is 17.5 Å². The minimum absolute atomic E-state index is 0.00875. The second-order valence-corrected chi connectivity index (χ2v) is 3.24. The average Bonchev–Trinajstić information content (AvgIpc) is 2.27. The molecule has 0 aliphatic rings. The van der Waals surface area contributed by atoms with Crippen molar-refractivity contribution in [3.8, 4) is 5.75 Å². The first-order valence-electron chi connectivity index (χ1n) is 4.57. The Labute approximate surface area is 86.3 Å². The molecule has 0 bridgehead atoms. The summed E-state index contributed by atoms with van der Waals surface area (Å²) in [6.07, 6.45) is -2.47. The molecule has 0 fully saturated rings. The molecule has 0 spiro atoms. The molecule has 2 aromatic rings. The molecule has 0 atom stereocenters. The van der Waals surface area contributed by atoms with Crippen molar-refractivity contribution in [3.63, 3.8) is 0 Å². The van der Waals surface area contributed by atoms with Crippen LogP contribution in [0.4, 0.5) is 8.78 Å². The van der Waals surface area contributed by atoms with Gasteiger partial charge in [0, 0.05) is 10.9 Å². The summed E-state index contributed by atoms with van der Waals surface area (Å²) in [5, 5.41) is 1.62. The summed E-state index contributed by atoms with van der Waals surface area (Å²) in [5.41, 5.74) is -0.00875. The van der Waals surface area contributed by atoms with Crippen molar-refractivity contribution >= 4 is 10.8 Å². The second kappa shape index (κ2) is 3.85. The quantitative estimate of drug-likeness (QED) is 0.729. The summed E-state index contributed by atoms with van der Waals surface area (Å²) in [6.45, 7) is 0. The van der Waals surface area contributed by atoms with Crippen LogP contribution < -0.4 is 4.74 Å². The van der Waals surface area contributed by atoms with Crippen LogP contribution in [0.25, 0.3) is 10.8 Å². The third-order valence-electron chi connectivity index (χ3n) is 2.32. The lowest BCUT2D eigenvalue weighted by atomic mass is 10.1. The van der Waals surface area contributed by atoms with Crippen LogP contribution in [0, 0.1) is 0 Å². The zero-order chi connectivity index (χ0) is 10.8. The van der Waals surface area contributed by atoms with Gasteiger partial charge >= 0.3 is 0 Å². The number of halogens is 2. The van der Waals surface area contributed by atoms with Gasteiger partial charge in [0.05, 0.1) is 7.11 Å². The summed E-state index contributed by atoms with van der Waals surface area (Å²) in [5.74, 6) is 0.489. The number of ether oxygens (including phenoxy) is 1. The van der Waals surface area contributed by atoms with Crippen LogP contribution in [0.1, 0.15) is 12.0 Å². The van der Waals surface area contributed by atoms with Gasteiger partial charge < -0.3 is 4.74 Å². The first kappa shape index (κ1) is 9.90. The topological polar surface area (TPSA) is 9.23 Å². The molecule has 0 amide bonds. The Morgan fingerprint density at radius 3 is 2.53 bits per heavy atom. The highest BCUT2D eigenvalue weighted by Gasteiger charge is 2.11. The highest BCUT2D eigenvalue weighted by Crippen LogP contribution is 2.31. The molecule has 0 N–H and O–H groups in total. The highest BCUT2D eigenvalue weighted by atomic mass is 19.3. The third kappa shape index (κ3) is 1.77. The van der Waals surface area contributed by atoms with Gasteiger partial charge in [-0.15, -0.1) is 0 Å². The van der Waals surface area contributed by atoms with Crippen LogP contribution in [-0.4, -0.2) is 7.11 Å². The van der Waals surface area contributed by atoms with E-state index in [0.717, 1.165) is 10.8 Å². The van der Waals surface area contributed by atoms with Crippen LogP contribution in [0.3, 0.4) is 0 Å². The molecule has 0 radical (unpaired) electrons. The Balaban J connectivity index is 2.71. The number of fused-ring (bicyclic) bond motifs is 1. The monoisotopic (exact) mass is 208 g/mol. The smallest absolute Gasteiger partial charge is 0.264 e. The number of hydrogen-bond donors (Lipinski definition) is 0. The fourth-order valence-corrected chi connectivity index (χ4v) is 1.59. The summed E-state index contributed by atoms with van der Waals surface area (Å²) in [6, 6.07) is 10.2. The van der Waals surface area contributed by atoms with Crippen molar-refractivity contribution in [1.29, 1.82) is 0 Å². The minimum atomic E-state index is -2.47. The third-order valence-corrected chi connectivity index (χ3v) is 2.32. The molecule has 2 aromatic carbocycles. The number of benzene rings is 2. The summed E-state index contributed by atoms with van der Waals surface area (Å²) < 4.78 is 30.2. The summed E-state index contributed by atoms with van der Waals surface area (Å²) >= 11 is 0.